The molecule has 0 amide bonds. The van der Waals surface area contributed by atoms with E-state index in [-0.39, 0.29) is 0 Å². The minimum atomic E-state index is 0.519. The average molecular weight is 469 g/mol. The summed E-state index contributed by atoms with van der Waals surface area (Å²) >= 11 is 1.68. The van der Waals surface area contributed by atoms with Crippen LogP contribution >= 0.6 is 11.3 Å². The Balaban J connectivity index is 1.07. The third-order valence-corrected chi connectivity index (χ3v) is 8.29. The maximum atomic E-state index is 5.63. The monoisotopic (exact) mass is 468 g/mol. The minimum Gasteiger partial charge on any atom is -0.372 e. The van der Waals surface area contributed by atoms with Crippen molar-refractivity contribution in [2.45, 2.75) is 25.7 Å². The zero-order chi connectivity index (χ0) is 22.5. The molecule has 1 N–H and O–H groups in total. The number of aromatic nitrogens is 2. The van der Waals surface area contributed by atoms with Crippen LogP contribution in [0.3, 0.4) is 0 Å². The number of rotatable bonds is 5. The maximum Gasteiger partial charge on any atom is 0.108 e. The first kappa shape index (κ1) is 20.4. The van der Waals surface area contributed by atoms with Crippen molar-refractivity contribution in [2.24, 2.45) is 5.92 Å². The van der Waals surface area contributed by atoms with Gasteiger partial charge in [-0.1, -0.05) is 24.0 Å². The lowest BCUT2D eigenvalue weighted by molar-refractivity contribution is 0.156. The predicted octanol–water partition coefficient (Wildman–Crippen LogP) is 4.90. The molecule has 1 saturated heterocycles. The molecule has 4 heterocycles. The molecule has 0 unspecified atom stereocenters. The average Bonchev–Trinajstić information content (AvgIpc) is 3.23. The Morgan fingerprint density at radius 3 is 3.03 bits per heavy atom. The summed E-state index contributed by atoms with van der Waals surface area (Å²) in [5.41, 5.74) is 10.2. The lowest BCUT2D eigenvalue weighted by Gasteiger charge is -2.37. The second-order valence-electron chi connectivity index (χ2n) is 9.80. The molecule has 6 heteroatoms. The fraction of sp³-hybridized carbons (Fsp3) is 0.393. The van der Waals surface area contributed by atoms with Crippen LogP contribution < -0.4 is 4.90 Å². The van der Waals surface area contributed by atoms with E-state index in [1.807, 2.05) is 0 Å². The number of thiophene rings is 1. The summed E-state index contributed by atoms with van der Waals surface area (Å²) in [7, 11) is 0. The summed E-state index contributed by atoms with van der Waals surface area (Å²) in [5.74, 6) is 7.20. The normalized spacial score (nSPS) is 18.3. The largest absolute Gasteiger partial charge is 0.372 e. The smallest absolute Gasteiger partial charge is 0.108 e. The van der Waals surface area contributed by atoms with Gasteiger partial charge in [0.25, 0.3) is 0 Å². The number of aromatic amines is 1. The fourth-order valence-corrected chi connectivity index (χ4v) is 6.14. The molecule has 2 aliphatic heterocycles. The molecule has 0 bridgehead atoms. The Kier molecular flexibility index (Phi) is 4.99. The van der Waals surface area contributed by atoms with Gasteiger partial charge in [0.2, 0.25) is 0 Å². The van der Waals surface area contributed by atoms with Crippen molar-refractivity contribution in [3.63, 3.8) is 0 Å². The molecule has 2 aliphatic carbocycles. The molecule has 0 spiro atoms. The van der Waals surface area contributed by atoms with Gasteiger partial charge < -0.3 is 14.5 Å². The molecular weight excluding hydrogens is 440 g/mol. The zero-order valence-electron chi connectivity index (χ0n) is 19.3. The van der Waals surface area contributed by atoms with Crippen molar-refractivity contribution in [3.8, 4) is 34.4 Å². The van der Waals surface area contributed by atoms with Gasteiger partial charge in [-0.2, -0.15) is 5.10 Å². The van der Waals surface area contributed by atoms with E-state index in [2.05, 4.69) is 62.5 Å². The van der Waals surface area contributed by atoms with E-state index in [4.69, 9.17) is 9.84 Å². The highest BCUT2D eigenvalue weighted by Crippen LogP contribution is 2.42. The predicted molar refractivity (Wildman–Crippen MR) is 137 cm³/mol. The van der Waals surface area contributed by atoms with E-state index in [9.17, 15) is 0 Å². The molecule has 0 atom stereocenters. The van der Waals surface area contributed by atoms with Crippen LogP contribution in [-0.2, 0) is 11.2 Å². The van der Waals surface area contributed by atoms with Crippen LogP contribution in [0.1, 0.15) is 35.3 Å². The van der Waals surface area contributed by atoms with Gasteiger partial charge in [-0.05, 0) is 48.9 Å². The molecular formula is C28H28N4OS. The first-order valence-corrected chi connectivity index (χ1v) is 13.2. The Hall–Kier alpha value is -3.01. The Morgan fingerprint density at radius 2 is 2.09 bits per heavy atom. The van der Waals surface area contributed by atoms with E-state index in [1.54, 1.807) is 11.3 Å². The van der Waals surface area contributed by atoms with Gasteiger partial charge in [0, 0.05) is 59.5 Å². The number of hydrogen-bond acceptors (Lipinski definition) is 5. The Bertz CT molecular complexity index is 1340. The van der Waals surface area contributed by atoms with Gasteiger partial charge in [-0.25, -0.2) is 0 Å². The number of nitrogens with one attached hydrogen (secondary N) is 1. The topological polar surface area (TPSA) is 44.4 Å². The standard InChI is InChI=1S/C28H28N4OS/c1-3-23-16-32(11-10-31(23)9-1)22-7-8-25-20(13-22)15-26-27(29-30-28(25)26)21-14-24(34-18-21)4-2-12-33-17-19-5-6-19/h3,7-8,13-14,18-19H,1,5-6,9-12,15-17H2,(H,29,30). The van der Waals surface area contributed by atoms with Crippen LogP contribution in [0.2, 0.25) is 0 Å². The van der Waals surface area contributed by atoms with Crippen molar-refractivity contribution in [2.75, 3.05) is 44.3 Å². The quantitative estimate of drug-likeness (QED) is 0.334. The molecule has 5 nitrogen and oxygen atoms in total. The second-order valence-corrected chi connectivity index (χ2v) is 10.7. The number of piperazine rings is 1. The molecule has 34 heavy (non-hydrogen) atoms. The van der Waals surface area contributed by atoms with Crippen LogP contribution in [0.15, 0.2) is 41.4 Å². The van der Waals surface area contributed by atoms with Crippen molar-refractivity contribution in [3.05, 3.63) is 57.4 Å². The molecule has 4 aliphatic rings. The number of anilines is 1. The molecule has 3 aromatic rings. The van der Waals surface area contributed by atoms with E-state index >= 15 is 0 Å². The van der Waals surface area contributed by atoms with Crippen molar-refractivity contribution in [1.82, 2.24) is 15.1 Å². The minimum absolute atomic E-state index is 0.519. The Morgan fingerprint density at radius 1 is 1.15 bits per heavy atom. The van der Waals surface area contributed by atoms with Crippen LogP contribution in [0.5, 0.6) is 0 Å². The van der Waals surface area contributed by atoms with Crippen molar-refractivity contribution < 1.29 is 4.74 Å². The van der Waals surface area contributed by atoms with Gasteiger partial charge in [0.15, 0.2) is 0 Å². The fourth-order valence-electron chi connectivity index (χ4n) is 5.38. The molecule has 2 fully saturated rings. The van der Waals surface area contributed by atoms with Gasteiger partial charge >= 0.3 is 0 Å². The number of hydrogen-bond donors (Lipinski definition) is 1. The number of fused-ring (bicyclic) bond motifs is 4. The van der Waals surface area contributed by atoms with Crippen LogP contribution in [-0.4, -0.2) is 54.5 Å². The molecule has 1 saturated carbocycles. The maximum absolute atomic E-state index is 5.63. The van der Waals surface area contributed by atoms with Gasteiger partial charge in [-0.3, -0.25) is 5.10 Å². The molecule has 2 aromatic heterocycles. The Labute approximate surface area is 204 Å². The summed E-state index contributed by atoms with van der Waals surface area (Å²) in [5, 5.41) is 10.2. The third kappa shape index (κ3) is 3.73. The van der Waals surface area contributed by atoms with Gasteiger partial charge in [-0.15, -0.1) is 11.3 Å². The van der Waals surface area contributed by atoms with E-state index in [1.165, 1.54) is 59.6 Å². The van der Waals surface area contributed by atoms with Crippen molar-refractivity contribution >= 4 is 17.0 Å². The van der Waals surface area contributed by atoms with Gasteiger partial charge in [0.1, 0.15) is 6.61 Å². The number of nitrogens with zero attached hydrogens (tertiary/aromatic N) is 3. The van der Waals surface area contributed by atoms with Crippen molar-refractivity contribution in [1.29, 1.82) is 0 Å². The molecule has 7 rings (SSSR count). The van der Waals surface area contributed by atoms with Crippen LogP contribution in [0.25, 0.3) is 22.5 Å². The molecule has 0 radical (unpaired) electrons. The highest BCUT2D eigenvalue weighted by atomic mass is 32.1. The lowest BCUT2D eigenvalue weighted by Crippen LogP contribution is -2.43. The first-order valence-electron chi connectivity index (χ1n) is 12.4. The summed E-state index contributed by atoms with van der Waals surface area (Å²) < 4.78 is 5.63. The summed E-state index contributed by atoms with van der Waals surface area (Å²) in [6, 6.07) is 9.12. The highest BCUT2D eigenvalue weighted by Gasteiger charge is 2.28. The van der Waals surface area contributed by atoms with Crippen LogP contribution in [0.4, 0.5) is 5.69 Å². The number of ether oxygens (including phenoxy) is 1. The van der Waals surface area contributed by atoms with E-state index in [0.29, 0.717) is 6.61 Å². The number of H-pyrrole nitrogens is 1. The van der Waals surface area contributed by atoms with Crippen LogP contribution in [0, 0.1) is 17.8 Å². The second kappa shape index (κ2) is 8.33. The highest BCUT2D eigenvalue weighted by molar-refractivity contribution is 7.11. The number of benzene rings is 1. The third-order valence-electron chi connectivity index (χ3n) is 7.44. The van der Waals surface area contributed by atoms with E-state index in [0.717, 1.165) is 54.7 Å². The molecule has 1 aromatic carbocycles. The SMILES string of the molecule is C(#Cc1cc(-c2n[nH]c3c2Cc2cc(N4CCN5CCC=C5C4)ccc2-3)cs1)COCC1CC1. The summed E-state index contributed by atoms with van der Waals surface area (Å²) in [4.78, 5) is 6.13. The van der Waals surface area contributed by atoms with Gasteiger partial charge in [0.05, 0.1) is 29.4 Å². The summed E-state index contributed by atoms with van der Waals surface area (Å²) in [6.07, 6.45) is 7.16. The summed E-state index contributed by atoms with van der Waals surface area (Å²) in [6.45, 7) is 5.83. The zero-order valence-corrected chi connectivity index (χ0v) is 20.1. The molecule has 172 valence electrons. The lowest BCUT2D eigenvalue weighted by atomic mass is 10.1. The van der Waals surface area contributed by atoms with E-state index < -0.39 is 0 Å². The first-order chi connectivity index (χ1) is 16.8.